The lowest BCUT2D eigenvalue weighted by atomic mass is 9.99. The molecule has 3 rings (SSSR count). The van der Waals surface area contributed by atoms with Crippen LogP contribution in [0.15, 0.2) is 6.07 Å². The lowest BCUT2D eigenvalue weighted by Crippen LogP contribution is -2.02. The number of rotatable bonds is 0. The van der Waals surface area contributed by atoms with Crippen LogP contribution in [0, 0.1) is 40.7 Å². The number of fused-ring (bicyclic) bond motifs is 2. The molecule has 0 bridgehead atoms. The fourth-order valence-corrected chi connectivity index (χ4v) is 2.31. The first-order valence-corrected chi connectivity index (χ1v) is 5.85. The summed E-state index contributed by atoms with van der Waals surface area (Å²) >= 11 is 0. The Bertz CT molecular complexity index is 936. The second-order valence-electron chi connectivity index (χ2n) is 4.62. The molecule has 0 spiro atoms. The quantitative estimate of drug-likeness (QED) is 0.277. The van der Waals surface area contributed by atoms with Crippen molar-refractivity contribution >= 4 is 21.5 Å². The zero-order valence-electron chi connectivity index (χ0n) is 10.6. The Kier molecular flexibility index (Phi) is 3.07. The van der Waals surface area contributed by atoms with Crippen LogP contribution >= 0.6 is 0 Å². The van der Waals surface area contributed by atoms with Gasteiger partial charge in [0.1, 0.15) is 5.82 Å². The Hall–Kier alpha value is -2.71. The molecule has 0 radical (unpaired) electrons. The molecule has 23 heavy (non-hydrogen) atoms. The number of phenolic OH excluding ortho intramolecular Hbond substituents is 2. The van der Waals surface area contributed by atoms with Crippen LogP contribution in [0.3, 0.4) is 0 Å². The van der Waals surface area contributed by atoms with Crippen LogP contribution in [0.5, 0.6) is 11.5 Å². The number of hydrogen-bond acceptors (Lipinski definition) is 2. The van der Waals surface area contributed by atoms with E-state index in [-0.39, 0.29) is 0 Å². The average molecular weight is 336 g/mol. The van der Waals surface area contributed by atoms with E-state index in [1.807, 2.05) is 0 Å². The van der Waals surface area contributed by atoms with Gasteiger partial charge in [-0.2, -0.15) is 4.39 Å². The third-order valence-corrected chi connectivity index (χ3v) is 3.40. The summed E-state index contributed by atoms with van der Waals surface area (Å²) in [5.74, 6) is -17.7. The van der Waals surface area contributed by atoms with Gasteiger partial charge >= 0.3 is 0 Å². The summed E-state index contributed by atoms with van der Waals surface area (Å²) in [6.07, 6.45) is 0. The van der Waals surface area contributed by atoms with E-state index in [9.17, 15) is 35.8 Å². The van der Waals surface area contributed by atoms with E-state index in [0.29, 0.717) is 6.07 Å². The van der Waals surface area contributed by atoms with Gasteiger partial charge in [-0.25, -0.2) is 26.3 Å². The van der Waals surface area contributed by atoms with E-state index in [2.05, 4.69) is 0 Å². The first-order chi connectivity index (χ1) is 10.7. The summed E-state index contributed by atoms with van der Waals surface area (Å²) in [7, 11) is 0. The van der Waals surface area contributed by atoms with Crippen molar-refractivity contribution in [2.45, 2.75) is 0 Å². The third-order valence-electron chi connectivity index (χ3n) is 3.40. The van der Waals surface area contributed by atoms with Crippen molar-refractivity contribution < 1.29 is 40.9 Å². The second kappa shape index (κ2) is 4.64. The summed E-state index contributed by atoms with van der Waals surface area (Å²) in [5.41, 5.74) is 0. The Labute approximate surface area is 122 Å². The van der Waals surface area contributed by atoms with Gasteiger partial charge in [-0.05, 0) is 6.07 Å². The summed E-state index contributed by atoms with van der Waals surface area (Å²) in [6, 6.07) is 0.343. The van der Waals surface area contributed by atoms with Gasteiger partial charge < -0.3 is 10.2 Å². The van der Waals surface area contributed by atoms with Gasteiger partial charge in [0.15, 0.2) is 40.6 Å². The summed E-state index contributed by atoms with van der Waals surface area (Å²) in [4.78, 5) is 0. The van der Waals surface area contributed by atoms with Crippen LogP contribution in [0.25, 0.3) is 21.5 Å². The third kappa shape index (κ3) is 1.76. The van der Waals surface area contributed by atoms with Gasteiger partial charge in [0, 0.05) is 10.8 Å². The highest BCUT2D eigenvalue weighted by Crippen LogP contribution is 2.42. The van der Waals surface area contributed by atoms with Crippen LogP contribution in [-0.4, -0.2) is 10.2 Å². The maximum Gasteiger partial charge on any atom is 0.210 e. The van der Waals surface area contributed by atoms with Gasteiger partial charge in [0.25, 0.3) is 0 Å². The summed E-state index contributed by atoms with van der Waals surface area (Å²) < 4.78 is 95.3. The molecule has 0 aromatic heterocycles. The maximum absolute atomic E-state index is 14.3. The molecule has 0 aliphatic rings. The van der Waals surface area contributed by atoms with Gasteiger partial charge in [0.2, 0.25) is 5.82 Å². The molecule has 2 N–H and O–H groups in total. The second-order valence-corrected chi connectivity index (χ2v) is 4.62. The van der Waals surface area contributed by atoms with Crippen LogP contribution in [0.4, 0.5) is 30.7 Å². The molecular weight excluding hydrogens is 333 g/mol. The average Bonchev–Trinajstić information content (AvgIpc) is 2.53. The molecule has 0 atom stereocenters. The van der Waals surface area contributed by atoms with E-state index in [0.717, 1.165) is 0 Å². The number of benzene rings is 3. The molecule has 0 aliphatic heterocycles. The number of halogens is 7. The Morgan fingerprint density at radius 1 is 0.478 bits per heavy atom. The fourth-order valence-electron chi connectivity index (χ4n) is 2.31. The maximum atomic E-state index is 14.3. The highest BCUT2D eigenvalue weighted by atomic mass is 19.2. The zero-order chi connectivity index (χ0) is 17.2. The first-order valence-electron chi connectivity index (χ1n) is 5.85. The van der Waals surface area contributed by atoms with Crippen LogP contribution in [0.1, 0.15) is 0 Å². The van der Waals surface area contributed by atoms with E-state index < -0.39 is 73.8 Å². The standard InChI is InChI=1S/C14H3F7O2/c15-6-2-1-3-5(9(18)14(23)12(21)13(3)22)7(16)4(2)8(17)11(20)10(6)19/h1,22-23H. The minimum atomic E-state index is -2.33. The van der Waals surface area contributed by atoms with E-state index in [1.54, 1.807) is 0 Å². The van der Waals surface area contributed by atoms with Crippen LogP contribution in [-0.2, 0) is 0 Å². The van der Waals surface area contributed by atoms with Crippen molar-refractivity contribution in [1.29, 1.82) is 0 Å². The normalized spacial score (nSPS) is 11.6. The molecule has 0 saturated carbocycles. The minimum Gasteiger partial charge on any atom is -0.504 e. The van der Waals surface area contributed by atoms with Gasteiger partial charge in [-0.3, -0.25) is 0 Å². The molecule has 0 amide bonds. The van der Waals surface area contributed by atoms with E-state index in [1.165, 1.54) is 0 Å². The molecule has 0 unspecified atom stereocenters. The topological polar surface area (TPSA) is 40.5 Å². The molecule has 9 heteroatoms. The number of hydrogen-bond donors (Lipinski definition) is 2. The fraction of sp³-hybridized carbons (Fsp3) is 0. The SMILES string of the molecule is Oc1c(F)c(O)c2cc3c(F)c(F)c(F)c(F)c3c(F)c2c1F. The molecule has 0 heterocycles. The largest absolute Gasteiger partial charge is 0.504 e. The molecule has 3 aromatic rings. The lowest BCUT2D eigenvalue weighted by molar-refractivity contribution is 0.372. The smallest absolute Gasteiger partial charge is 0.210 e. The molecular formula is C14H3F7O2. The molecule has 2 nitrogen and oxygen atoms in total. The molecule has 0 saturated heterocycles. The lowest BCUT2D eigenvalue weighted by Gasteiger charge is -2.12. The summed E-state index contributed by atoms with van der Waals surface area (Å²) in [5, 5.41) is 13.7. The Morgan fingerprint density at radius 3 is 1.61 bits per heavy atom. The highest BCUT2D eigenvalue weighted by molar-refractivity contribution is 6.03. The minimum absolute atomic E-state index is 0.343. The molecule has 120 valence electrons. The number of phenols is 2. The number of aromatic hydroxyl groups is 2. The Balaban J connectivity index is 2.73. The highest BCUT2D eigenvalue weighted by Gasteiger charge is 2.28. The zero-order valence-corrected chi connectivity index (χ0v) is 10.6. The van der Waals surface area contributed by atoms with Crippen molar-refractivity contribution in [1.82, 2.24) is 0 Å². The van der Waals surface area contributed by atoms with Crippen LogP contribution < -0.4 is 0 Å². The monoisotopic (exact) mass is 336 g/mol. The van der Waals surface area contributed by atoms with Crippen LogP contribution in [0.2, 0.25) is 0 Å². The van der Waals surface area contributed by atoms with Gasteiger partial charge in [0.05, 0.1) is 10.8 Å². The molecule has 0 fully saturated rings. The van der Waals surface area contributed by atoms with Gasteiger partial charge in [-0.15, -0.1) is 0 Å². The molecule has 3 aromatic carbocycles. The van der Waals surface area contributed by atoms with E-state index >= 15 is 0 Å². The first kappa shape index (κ1) is 15.2. The van der Waals surface area contributed by atoms with Gasteiger partial charge in [-0.1, -0.05) is 0 Å². The van der Waals surface area contributed by atoms with Crippen molar-refractivity contribution in [2.75, 3.05) is 0 Å². The van der Waals surface area contributed by atoms with Crippen molar-refractivity contribution in [3.63, 3.8) is 0 Å². The summed E-state index contributed by atoms with van der Waals surface area (Å²) in [6.45, 7) is 0. The van der Waals surface area contributed by atoms with Crippen molar-refractivity contribution in [3.05, 3.63) is 46.8 Å². The predicted octanol–water partition coefficient (Wildman–Crippen LogP) is 4.38. The van der Waals surface area contributed by atoms with E-state index in [4.69, 9.17) is 5.11 Å². The van der Waals surface area contributed by atoms with Crippen molar-refractivity contribution in [3.8, 4) is 11.5 Å². The van der Waals surface area contributed by atoms with Crippen molar-refractivity contribution in [2.24, 2.45) is 0 Å². The predicted molar refractivity (Wildman–Crippen MR) is 64.5 cm³/mol. The Morgan fingerprint density at radius 2 is 1.00 bits per heavy atom. The molecule has 0 aliphatic carbocycles.